The van der Waals surface area contributed by atoms with Crippen LogP contribution in [0.3, 0.4) is 0 Å². The van der Waals surface area contributed by atoms with Crippen molar-refractivity contribution in [2.75, 3.05) is 6.54 Å². The molecule has 5 heteroatoms. The predicted molar refractivity (Wildman–Crippen MR) is 136 cm³/mol. The number of aromatic nitrogens is 2. The van der Waals surface area contributed by atoms with Gasteiger partial charge in [-0.25, -0.2) is 4.68 Å². The third-order valence-corrected chi connectivity index (χ3v) is 4.81. The molecule has 0 aliphatic heterocycles. The second-order valence-electron chi connectivity index (χ2n) is 7.23. The van der Waals surface area contributed by atoms with Crippen LogP contribution >= 0.6 is 0 Å². The van der Waals surface area contributed by atoms with Crippen molar-refractivity contribution in [2.24, 2.45) is 5.10 Å². The fraction of sp³-hybridized carbons (Fsp3) is 0.259. The largest absolute Gasteiger partial charge is 0.383 e. The lowest BCUT2D eigenvalue weighted by Crippen LogP contribution is -2.33. The maximum atomic E-state index is 4.37. The fourth-order valence-corrected chi connectivity index (χ4v) is 3.00. The summed E-state index contributed by atoms with van der Waals surface area (Å²) >= 11 is 0. The minimum atomic E-state index is 0.127. The second kappa shape index (κ2) is 12.8. The molecular formula is C27H33N5. The van der Waals surface area contributed by atoms with E-state index in [1.54, 1.807) is 24.7 Å². The van der Waals surface area contributed by atoms with Crippen LogP contribution in [0.25, 0.3) is 11.4 Å². The minimum Gasteiger partial charge on any atom is -0.383 e. The van der Waals surface area contributed by atoms with E-state index in [9.17, 15) is 0 Å². The van der Waals surface area contributed by atoms with Gasteiger partial charge in [-0.2, -0.15) is 10.2 Å². The van der Waals surface area contributed by atoms with Crippen LogP contribution in [-0.4, -0.2) is 33.6 Å². The van der Waals surface area contributed by atoms with E-state index in [2.05, 4.69) is 67.0 Å². The molecule has 0 radical (unpaired) electrons. The Morgan fingerprint density at radius 1 is 1.38 bits per heavy atom. The first kappa shape index (κ1) is 24.5. The lowest BCUT2D eigenvalue weighted by Gasteiger charge is -2.23. The van der Waals surface area contributed by atoms with Gasteiger partial charge in [-0.3, -0.25) is 5.01 Å². The molecule has 0 aliphatic carbocycles. The summed E-state index contributed by atoms with van der Waals surface area (Å²) in [5, 5.41) is 13.9. The third-order valence-electron chi connectivity index (χ3n) is 4.81. The average Bonchev–Trinajstić information content (AvgIpc) is 3.35. The van der Waals surface area contributed by atoms with Crippen molar-refractivity contribution in [3.8, 4) is 17.5 Å². The van der Waals surface area contributed by atoms with Crippen LogP contribution in [-0.2, 0) is 0 Å². The van der Waals surface area contributed by atoms with Crippen molar-refractivity contribution in [1.82, 2.24) is 20.1 Å². The highest BCUT2D eigenvalue weighted by Crippen LogP contribution is 2.19. The number of hydrogen-bond acceptors (Lipinski definition) is 4. The standard InChI is InChI=1S/C27H33N5/c1-7-11-13-24(8-2)14-15-26-20-25(16-17-27(26)32-19-12-18-30-32)23(6)28-21-22(5)31(10-4)29-9-3/h8-10,12-13,16-20,22,28H,2,4,6-7,11,21H2,1,3,5H3/b24-13+,29-9-. The zero-order chi connectivity index (χ0) is 23.3. The third kappa shape index (κ3) is 6.88. The maximum absolute atomic E-state index is 4.37. The summed E-state index contributed by atoms with van der Waals surface area (Å²) < 4.78 is 1.82. The van der Waals surface area contributed by atoms with E-state index in [0.29, 0.717) is 6.54 Å². The summed E-state index contributed by atoms with van der Waals surface area (Å²) in [6.45, 7) is 18.7. The van der Waals surface area contributed by atoms with Gasteiger partial charge in [0, 0.05) is 42.6 Å². The molecule has 2 rings (SSSR count). The Labute approximate surface area is 192 Å². The lowest BCUT2D eigenvalue weighted by molar-refractivity contribution is 0.308. The molecule has 0 saturated heterocycles. The Morgan fingerprint density at radius 2 is 2.19 bits per heavy atom. The van der Waals surface area contributed by atoms with Gasteiger partial charge in [0.15, 0.2) is 0 Å². The van der Waals surface area contributed by atoms with Crippen molar-refractivity contribution < 1.29 is 0 Å². The van der Waals surface area contributed by atoms with Crippen molar-refractivity contribution in [3.05, 3.63) is 91.4 Å². The monoisotopic (exact) mass is 427 g/mol. The van der Waals surface area contributed by atoms with E-state index >= 15 is 0 Å². The van der Waals surface area contributed by atoms with Gasteiger partial charge in [-0.1, -0.05) is 63.1 Å². The fourth-order valence-electron chi connectivity index (χ4n) is 3.00. The summed E-state index contributed by atoms with van der Waals surface area (Å²) in [6, 6.07) is 8.11. The van der Waals surface area contributed by atoms with Crippen LogP contribution in [0.15, 0.2) is 85.4 Å². The highest BCUT2D eigenvalue weighted by molar-refractivity contribution is 5.67. The van der Waals surface area contributed by atoms with Gasteiger partial charge in [0.05, 0.1) is 17.3 Å². The molecule has 0 amide bonds. The predicted octanol–water partition coefficient (Wildman–Crippen LogP) is 5.54. The summed E-state index contributed by atoms with van der Waals surface area (Å²) in [5.41, 5.74) is 4.51. The number of rotatable bonds is 11. The molecule has 0 bridgehead atoms. The summed E-state index contributed by atoms with van der Waals surface area (Å²) in [5.74, 6) is 6.55. The SMILES string of the molecule is C=C/C(C#Cc1cc(C(=C)NCC(C)N(C=C)/N=C\C)ccc1-n1cccn1)=C\CCC. The normalized spacial score (nSPS) is 12.0. The molecule has 1 unspecified atom stereocenters. The molecule has 1 N–H and O–H groups in total. The number of unbranched alkanes of at least 4 members (excludes halogenated alkanes) is 1. The van der Waals surface area contributed by atoms with Crippen molar-refractivity contribution in [2.45, 2.75) is 39.7 Å². The number of hydrogen-bond donors (Lipinski definition) is 1. The smallest absolute Gasteiger partial charge is 0.0802 e. The lowest BCUT2D eigenvalue weighted by atomic mass is 10.1. The number of nitrogens with zero attached hydrogens (tertiary/aromatic N) is 4. The highest BCUT2D eigenvalue weighted by Gasteiger charge is 2.10. The van der Waals surface area contributed by atoms with Crippen LogP contribution in [0.4, 0.5) is 0 Å². The molecule has 166 valence electrons. The Balaban J connectivity index is 2.30. The van der Waals surface area contributed by atoms with Crippen LogP contribution in [0.2, 0.25) is 0 Å². The van der Waals surface area contributed by atoms with E-state index in [1.165, 1.54) is 0 Å². The molecule has 1 heterocycles. The molecule has 1 aromatic heterocycles. The van der Waals surface area contributed by atoms with Gasteiger partial charge in [0.2, 0.25) is 0 Å². The van der Waals surface area contributed by atoms with Gasteiger partial charge >= 0.3 is 0 Å². The molecule has 1 aromatic carbocycles. The Kier molecular flexibility index (Phi) is 9.80. The summed E-state index contributed by atoms with van der Waals surface area (Å²) in [7, 11) is 0. The maximum Gasteiger partial charge on any atom is 0.0802 e. The molecule has 0 fully saturated rings. The first-order valence-electron chi connectivity index (χ1n) is 10.8. The summed E-state index contributed by atoms with van der Waals surface area (Å²) in [4.78, 5) is 0. The van der Waals surface area contributed by atoms with E-state index in [0.717, 1.165) is 40.9 Å². The van der Waals surface area contributed by atoms with Crippen molar-refractivity contribution in [3.63, 3.8) is 0 Å². The van der Waals surface area contributed by atoms with Gasteiger partial charge < -0.3 is 5.32 Å². The molecule has 0 aliphatic rings. The molecule has 2 aromatic rings. The number of allylic oxidation sites excluding steroid dienone is 3. The van der Waals surface area contributed by atoms with E-state index in [1.807, 2.05) is 47.1 Å². The Morgan fingerprint density at radius 3 is 2.81 bits per heavy atom. The first-order chi connectivity index (χ1) is 15.5. The molecule has 1 atom stereocenters. The number of nitrogens with one attached hydrogen (secondary N) is 1. The molecular weight excluding hydrogens is 394 g/mol. The molecule has 0 saturated carbocycles. The van der Waals surface area contributed by atoms with Crippen molar-refractivity contribution >= 4 is 11.9 Å². The summed E-state index contributed by atoms with van der Waals surface area (Å²) in [6.07, 6.45) is 13.1. The van der Waals surface area contributed by atoms with Crippen LogP contribution in [0.1, 0.15) is 44.7 Å². The zero-order valence-corrected chi connectivity index (χ0v) is 19.4. The number of benzene rings is 1. The van der Waals surface area contributed by atoms with Gasteiger partial charge in [0.25, 0.3) is 0 Å². The molecule has 32 heavy (non-hydrogen) atoms. The first-order valence-corrected chi connectivity index (χ1v) is 10.8. The van der Waals surface area contributed by atoms with Crippen LogP contribution in [0, 0.1) is 11.8 Å². The zero-order valence-electron chi connectivity index (χ0n) is 19.4. The second-order valence-corrected chi connectivity index (χ2v) is 7.23. The Bertz CT molecular complexity index is 1030. The van der Waals surface area contributed by atoms with Crippen LogP contribution < -0.4 is 5.32 Å². The van der Waals surface area contributed by atoms with Crippen LogP contribution in [0.5, 0.6) is 0 Å². The number of hydrazone groups is 1. The van der Waals surface area contributed by atoms with Gasteiger partial charge in [-0.05, 0) is 44.0 Å². The average molecular weight is 428 g/mol. The highest BCUT2D eigenvalue weighted by atomic mass is 15.5. The molecule has 0 spiro atoms. The van der Waals surface area contributed by atoms with E-state index in [4.69, 9.17) is 0 Å². The Hall–Kier alpha value is -3.78. The minimum absolute atomic E-state index is 0.127. The topological polar surface area (TPSA) is 45.5 Å². The van der Waals surface area contributed by atoms with Gasteiger partial charge in [0.1, 0.15) is 0 Å². The van der Waals surface area contributed by atoms with Gasteiger partial charge in [-0.15, -0.1) is 0 Å². The quantitative estimate of drug-likeness (QED) is 0.222. The van der Waals surface area contributed by atoms with Crippen molar-refractivity contribution in [1.29, 1.82) is 0 Å². The van der Waals surface area contributed by atoms with E-state index < -0.39 is 0 Å². The van der Waals surface area contributed by atoms with E-state index in [-0.39, 0.29) is 6.04 Å². The molecule has 5 nitrogen and oxygen atoms in total.